The van der Waals surface area contributed by atoms with Crippen molar-refractivity contribution in [3.63, 3.8) is 0 Å². The number of halogens is 2. The maximum absolute atomic E-state index is 16.4. The molecule has 3 aromatic carbocycles. The van der Waals surface area contributed by atoms with Crippen LogP contribution < -0.4 is 4.90 Å². The molecular formula is C32H23ClFN3O8. The highest BCUT2D eigenvalue weighted by molar-refractivity contribution is 6.36. The van der Waals surface area contributed by atoms with Crippen LogP contribution in [0.4, 0.5) is 10.2 Å². The molecule has 6 rings (SSSR count). The van der Waals surface area contributed by atoms with Crippen LogP contribution in [0.3, 0.4) is 0 Å². The molecule has 45 heavy (non-hydrogen) atoms. The highest BCUT2D eigenvalue weighted by atomic mass is 35.5. The van der Waals surface area contributed by atoms with Crippen molar-refractivity contribution in [3.05, 3.63) is 119 Å². The fourth-order valence-corrected chi connectivity index (χ4v) is 5.30. The minimum atomic E-state index is -2.14. The molecule has 1 aromatic heterocycles. The number of fused-ring (bicyclic) bond motifs is 1. The number of ketones is 1. The van der Waals surface area contributed by atoms with Crippen LogP contribution in [0.2, 0.25) is 0 Å². The van der Waals surface area contributed by atoms with Crippen molar-refractivity contribution in [1.82, 2.24) is 9.55 Å². The van der Waals surface area contributed by atoms with Gasteiger partial charge in [0.05, 0.1) is 34.5 Å². The first-order chi connectivity index (χ1) is 21.8. The zero-order chi connectivity index (χ0) is 31.7. The summed E-state index contributed by atoms with van der Waals surface area (Å²) < 4.78 is 34.4. The Hall–Kier alpha value is -5.20. The number of Topliss-reactive ketones (excluding diaryl/α,β-unsaturated/α-hetero) is 1. The van der Waals surface area contributed by atoms with Crippen LogP contribution in [-0.2, 0) is 14.2 Å². The van der Waals surface area contributed by atoms with Crippen molar-refractivity contribution in [2.75, 3.05) is 17.4 Å². The number of hydrogen-bond donors (Lipinski definition) is 0. The van der Waals surface area contributed by atoms with Gasteiger partial charge in [0.1, 0.15) is 12.7 Å². The van der Waals surface area contributed by atoms with Gasteiger partial charge in [0.25, 0.3) is 11.8 Å². The standard InChI is InChI=1S/C32H23ClFN3O8/c33-15-22(38)25-27(37-28(39)20-13-7-8-14-21(20)29(37)40)36(17-35-25)30-24(34)26(45-32(42)19-11-5-2-6-12-19)23(44-30)16-43-31(41)18-9-3-1-4-10-18/h1-14,17,23-24,26,30H,15-16H2/t23-,24+,26-,30-/m1/s1. The molecule has 1 fully saturated rings. The van der Waals surface area contributed by atoms with Gasteiger partial charge >= 0.3 is 11.9 Å². The number of alkyl halides is 2. The summed E-state index contributed by atoms with van der Waals surface area (Å²) in [4.78, 5) is 70.1. The zero-order valence-corrected chi connectivity index (χ0v) is 24.0. The molecule has 2 aliphatic rings. The molecule has 3 heterocycles. The van der Waals surface area contributed by atoms with Crippen molar-refractivity contribution < 1.29 is 42.6 Å². The van der Waals surface area contributed by atoms with E-state index in [1.165, 1.54) is 36.4 Å². The summed E-state index contributed by atoms with van der Waals surface area (Å²) in [7, 11) is 0. The number of imidazole rings is 1. The summed E-state index contributed by atoms with van der Waals surface area (Å²) in [5.74, 6) is -4.78. The normalized spacial score (nSPS) is 20.6. The number of amides is 2. The van der Waals surface area contributed by atoms with Gasteiger partial charge in [-0.3, -0.25) is 19.0 Å². The second-order valence-corrected chi connectivity index (χ2v) is 10.3. The van der Waals surface area contributed by atoms with Crippen LogP contribution in [0.1, 0.15) is 58.1 Å². The van der Waals surface area contributed by atoms with Crippen molar-refractivity contribution in [1.29, 1.82) is 0 Å². The second kappa shape index (κ2) is 12.4. The molecular weight excluding hydrogens is 609 g/mol. The number of aromatic nitrogens is 2. The molecule has 0 spiro atoms. The van der Waals surface area contributed by atoms with E-state index in [1.807, 2.05) is 0 Å². The predicted octanol–water partition coefficient (Wildman–Crippen LogP) is 4.42. The third kappa shape index (κ3) is 5.49. The fourth-order valence-electron chi connectivity index (χ4n) is 5.18. The van der Waals surface area contributed by atoms with E-state index in [2.05, 4.69) is 4.98 Å². The Kier molecular flexibility index (Phi) is 8.24. The van der Waals surface area contributed by atoms with Gasteiger partial charge in [0.2, 0.25) is 0 Å². The van der Waals surface area contributed by atoms with E-state index in [0.29, 0.717) is 4.90 Å². The van der Waals surface area contributed by atoms with Crippen molar-refractivity contribution >= 4 is 47.0 Å². The molecule has 13 heteroatoms. The largest absolute Gasteiger partial charge is 0.459 e. The van der Waals surface area contributed by atoms with Gasteiger partial charge in [-0.25, -0.2) is 23.9 Å². The Bertz CT molecular complexity index is 1760. The van der Waals surface area contributed by atoms with Gasteiger partial charge < -0.3 is 14.2 Å². The number of esters is 2. The Morgan fingerprint density at radius 3 is 1.98 bits per heavy atom. The first-order valence-electron chi connectivity index (χ1n) is 13.7. The lowest BCUT2D eigenvalue weighted by atomic mass is 10.1. The van der Waals surface area contributed by atoms with Crippen LogP contribution in [-0.4, -0.2) is 70.0 Å². The van der Waals surface area contributed by atoms with Crippen molar-refractivity contribution in [3.8, 4) is 0 Å². The number of rotatable bonds is 9. The molecule has 2 aliphatic heterocycles. The van der Waals surface area contributed by atoms with Crippen molar-refractivity contribution in [2.45, 2.75) is 24.6 Å². The third-order valence-corrected chi connectivity index (χ3v) is 7.58. The molecule has 4 aromatic rings. The first-order valence-corrected chi connectivity index (χ1v) is 14.2. The summed E-state index contributed by atoms with van der Waals surface area (Å²) in [6, 6.07) is 21.9. The van der Waals surface area contributed by atoms with Crippen LogP contribution in [0.5, 0.6) is 0 Å². The summed E-state index contributed by atoms with van der Waals surface area (Å²) in [5.41, 5.74) is 0.145. The number of carbonyl (C=O) groups excluding carboxylic acids is 5. The quantitative estimate of drug-likeness (QED) is 0.114. The topological polar surface area (TPSA) is 134 Å². The Balaban J connectivity index is 1.36. The molecule has 0 bridgehead atoms. The lowest BCUT2D eigenvalue weighted by Gasteiger charge is -2.22. The Labute approximate surface area is 260 Å². The second-order valence-electron chi connectivity index (χ2n) is 10.1. The van der Waals surface area contributed by atoms with Gasteiger partial charge in [-0.05, 0) is 36.4 Å². The van der Waals surface area contributed by atoms with E-state index in [0.717, 1.165) is 10.9 Å². The average molecular weight is 632 g/mol. The summed E-state index contributed by atoms with van der Waals surface area (Å²) in [6.45, 7) is -0.526. The van der Waals surface area contributed by atoms with Gasteiger partial charge in [-0.1, -0.05) is 48.5 Å². The number of imide groups is 1. The lowest BCUT2D eigenvalue weighted by Crippen LogP contribution is -2.37. The van der Waals surface area contributed by atoms with E-state index in [-0.39, 0.29) is 33.8 Å². The summed E-state index contributed by atoms with van der Waals surface area (Å²) >= 11 is 5.81. The number of carbonyl (C=O) groups is 5. The van der Waals surface area contributed by atoms with Crippen LogP contribution in [0.25, 0.3) is 0 Å². The minimum absolute atomic E-state index is 0.0732. The highest BCUT2D eigenvalue weighted by Crippen LogP contribution is 2.40. The van der Waals surface area contributed by atoms with Gasteiger partial charge in [0, 0.05) is 0 Å². The van der Waals surface area contributed by atoms with E-state index in [9.17, 15) is 24.0 Å². The molecule has 2 amide bonds. The van der Waals surface area contributed by atoms with E-state index >= 15 is 4.39 Å². The van der Waals surface area contributed by atoms with Crippen LogP contribution >= 0.6 is 11.6 Å². The van der Waals surface area contributed by atoms with E-state index < -0.39 is 66.6 Å². The zero-order valence-electron chi connectivity index (χ0n) is 23.2. The molecule has 0 unspecified atom stereocenters. The maximum Gasteiger partial charge on any atom is 0.338 e. The van der Waals surface area contributed by atoms with Crippen molar-refractivity contribution in [2.24, 2.45) is 0 Å². The van der Waals surface area contributed by atoms with Gasteiger partial charge in [-0.2, -0.15) is 0 Å². The molecule has 0 N–H and O–H groups in total. The summed E-state index contributed by atoms with van der Waals surface area (Å²) in [5, 5.41) is 0. The molecule has 0 aliphatic carbocycles. The molecule has 1 saturated heterocycles. The smallest absolute Gasteiger partial charge is 0.338 e. The van der Waals surface area contributed by atoms with Gasteiger partial charge in [-0.15, -0.1) is 11.6 Å². The number of hydrogen-bond acceptors (Lipinski definition) is 9. The monoisotopic (exact) mass is 631 g/mol. The number of ether oxygens (including phenoxy) is 3. The fraction of sp³-hybridized carbons (Fsp3) is 0.188. The predicted molar refractivity (Wildman–Crippen MR) is 156 cm³/mol. The van der Waals surface area contributed by atoms with Crippen LogP contribution in [0.15, 0.2) is 91.3 Å². The molecule has 0 saturated carbocycles. The van der Waals surface area contributed by atoms with Crippen LogP contribution in [0, 0.1) is 0 Å². The lowest BCUT2D eigenvalue weighted by molar-refractivity contribution is -0.0575. The van der Waals surface area contributed by atoms with E-state index in [4.69, 9.17) is 25.8 Å². The number of nitrogens with zero attached hydrogens (tertiary/aromatic N) is 3. The summed E-state index contributed by atoms with van der Waals surface area (Å²) in [6.07, 6.45) is -5.74. The number of anilines is 1. The van der Waals surface area contributed by atoms with E-state index in [1.54, 1.807) is 48.5 Å². The van der Waals surface area contributed by atoms with Gasteiger partial charge in [0.15, 0.2) is 35.8 Å². The molecule has 11 nitrogen and oxygen atoms in total. The molecule has 228 valence electrons. The number of benzene rings is 3. The maximum atomic E-state index is 16.4. The Morgan fingerprint density at radius 1 is 0.844 bits per heavy atom. The highest BCUT2D eigenvalue weighted by Gasteiger charge is 2.51. The minimum Gasteiger partial charge on any atom is -0.459 e. The molecule has 0 radical (unpaired) electrons. The molecule has 4 atom stereocenters. The first kappa shape index (κ1) is 29.9. The SMILES string of the molecule is O=C(OC[C@H]1O[C@@H](n2cnc(C(=O)CCl)c2N2C(=O)c3ccccc3C2=O)[C@@H](F)[C@@H]1OC(=O)c1ccccc1)c1ccccc1. The Morgan fingerprint density at radius 2 is 1.40 bits per heavy atom. The third-order valence-electron chi connectivity index (χ3n) is 7.34. The average Bonchev–Trinajstić information content (AvgIpc) is 3.71.